The first-order valence-corrected chi connectivity index (χ1v) is 6.86. The summed E-state index contributed by atoms with van der Waals surface area (Å²) in [7, 11) is 1.90. The summed E-state index contributed by atoms with van der Waals surface area (Å²) in [6.45, 7) is 0.392. The minimum atomic E-state index is -4.25. The Hall–Kier alpha value is -1.53. The molecule has 0 aliphatic carbocycles. The summed E-state index contributed by atoms with van der Waals surface area (Å²) in [6.07, 6.45) is -1.74. The number of fused-ring (bicyclic) bond motifs is 1. The molecule has 0 bridgehead atoms. The van der Waals surface area contributed by atoms with Gasteiger partial charge in [0, 0.05) is 31.4 Å². The Labute approximate surface area is 121 Å². The smallest absolute Gasteiger partial charge is 0.372 e. The third-order valence-electron chi connectivity index (χ3n) is 3.17. The summed E-state index contributed by atoms with van der Waals surface area (Å²) < 4.78 is 42.4. The highest BCUT2D eigenvalue weighted by molar-refractivity contribution is 5.80. The van der Waals surface area contributed by atoms with Crippen LogP contribution in [0.25, 0.3) is 10.9 Å². The van der Waals surface area contributed by atoms with E-state index >= 15 is 0 Å². The van der Waals surface area contributed by atoms with Gasteiger partial charge in [0.1, 0.15) is 6.61 Å². The number of alkyl halides is 3. The van der Waals surface area contributed by atoms with Crippen LogP contribution in [0.4, 0.5) is 13.2 Å². The summed E-state index contributed by atoms with van der Waals surface area (Å²) in [4.78, 5) is 0. The zero-order chi connectivity index (χ0) is 15.3. The van der Waals surface area contributed by atoms with Crippen molar-refractivity contribution in [1.82, 2.24) is 9.88 Å². The lowest BCUT2D eigenvalue weighted by molar-refractivity contribution is -0.174. The van der Waals surface area contributed by atoms with E-state index in [-0.39, 0.29) is 6.61 Å². The maximum absolute atomic E-state index is 11.9. The van der Waals surface area contributed by atoms with Crippen molar-refractivity contribution in [2.24, 2.45) is 0 Å². The number of hydrogen-bond donors (Lipinski definition) is 1. The van der Waals surface area contributed by atoms with Crippen LogP contribution < -0.4 is 5.32 Å². The summed E-state index contributed by atoms with van der Waals surface area (Å²) in [5, 5.41) is 4.24. The molecular weight excluding hydrogens is 281 g/mol. The first kappa shape index (κ1) is 15.9. The Morgan fingerprint density at radius 3 is 2.76 bits per heavy atom. The highest BCUT2D eigenvalue weighted by Crippen LogP contribution is 2.18. The Morgan fingerprint density at radius 1 is 1.24 bits per heavy atom. The van der Waals surface area contributed by atoms with Crippen LogP contribution in [0.1, 0.15) is 12.0 Å². The second-order valence-electron chi connectivity index (χ2n) is 4.95. The molecule has 0 saturated carbocycles. The van der Waals surface area contributed by atoms with E-state index in [0.29, 0.717) is 13.0 Å². The third-order valence-corrected chi connectivity index (χ3v) is 3.17. The molecule has 0 aliphatic rings. The summed E-state index contributed by atoms with van der Waals surface area (Å²) in [5.74, 6) is 0. The number of nitrogens with zero attached hydrogens (tertiary/aromatic N) is 1. The fraction of sp³-hybridized carbons (Fsp3) is 0.467. The number of aryl methyl sites for hydroxylation is 1. The maximum Gasteiger partial charge on any atom is 0.411 e. The van der Waals surface area contributed by atoms with Crippen molar-refractivity contribution in [3.8, 4) is 0 Å². The van der Waals surface area contributed by atoms with Gasteiger partial charge in [-0.2, -0.15) is 13.2 Å². The van der Waals surface area contributed by atoms with Crippen molar-refractivity contribution in [2.75, 3.05) is 20.3 Å². The normalized spacial score (nSPS) is 12.2. The Bertz CT molecular complexity index is 578. The minimum Gasteiger partial charge on any atom is -0.372 e. The fourth-order valence-electron chi connectivity index (χ4n) is 2.28. The molecule has 1 heterocycles. The van der Waals surface area contributed by atoms with E-state index in [2.05, 4.69) is 22.2 Å². The van der Waals surface area contributed by atoms with E-state index in [1.807, 2.05) is 29.9 Å². The highest BCUT2D eigenvalue weighted by Gasteiger charge is 2.27. The molecule has 21 heavy (non-hydrogen) atoms. The average Bonchev–Trinajstić information content (AvgIpc) is 2.80. The van der Waals surface area contributed by atoms with Crippen molar-refractivity contribution in [2.45, 2.75) is 25.7 Å². The van der Waals surface area contributed by atoms with Gasteiger partial charge < -0.3 is 14.6 Å². The van der Waals surface area contributed by atoms with Crippen molar-refractivity contribution < 1.29 is 17.9 Å². The number of nitrogens with one attached hydrogen (secondary N) is 1. The zero-order valence-corrected chi connectivity index (χ0v) is 11.9. The predicted molar refractivity (Wildman–Crippen MR) is 76.2 cm³/mol. The highest BCUT2D eigenvalue weighted by atomic mass is 19.4. The Balaban J connectivity index is 1.88. The molecule has 0 aliphatic heterocycles. The van der Waals surface area contributed by atoms with Crippen LogP contribution in [0.3, 0.4) is 0 Å². The number of hydrogen-bond acceptors (Lipinski definition) is 2. The molecule has 0 radical (unpaired) electrons. The fourth-order valence-corrected chi connectivity index (χ4v) is 2.28. The van der Waals surface area contributed by atoms with Gasteiger partial charge in [0.15, 0.2) is 0 Å². The van der Waals surface area contributed by atoms with Crippen LogP contribution in [0.5, 0.6) is 0 Å². The zero-order valence-electron chi connectivity index (χ0n) is 11.9. The first-order valence-electron chi connectivity index (χ1n) is 6.86. The molecule has 6 heteroatoms. The molecule has 0 atom stereocenters. The first-order chi connectivity index (χ1) is 9.99. The van der Waals surface area contributed by atoms with Gasteiger partial charge in [-0.3, -0.25) is 0 Å². The van der Waals surface area contributed by atoms with Crippen LogP contribution in [0.2, 0.25) is 0 Å². The summed E-state index contributed by atoms with van der Waals surface area (Å²) in [5.41, 5.74) is 2.29. The number of ether oxygens (including phenoxy) is 1. The molecule has 0 saturated heterocycles. The Kier molecular flexibility index (Phi) is 5.25. The average molecular weight is 300 g/mol. The minimum absolute atomic E-state index is 0.108. The van der Waals surface area contributed by atoms with Crippen LogP contribution in [0.15, 0.2) is 30.5 Å². The van der Waals surface area contributed by atoms with Crippen molar-refractivity contribution in [3.05, 3.63) is 36.0 Å². The van der Waals surface area contributed by atoms with Gasteiger partial charge in [-0.15, -0.1) is 0 Å². The molecule has 0 unspecified atom stereocenters. The molecular formula is C15H19F3N2O. The molecule has 3 nitrogen and oxygen atoms in total. The predicted octanol–water partition coefficient (Wildman–Crippen LogP) is 3.33. The van der Waals surface area contributed by atoms with Crippen LogP contribution >= 0.6 is 0 Å². The molecule has 0 amide bonds. The van der Waals surface area contributed by atoms with Gasteiger partial charge >= 0.3 is 6.18 Å². The number of halogens is 3. The Morgan fingerprint density at radius 2 is 2.05 bits per heavy atom. The summed E-state index contributed by atoms with van der Waals surface area (Å²) >= 11 is 0. The van der Waals surface area contributed by atoms with E-state index in [1.165, 1.54) is 5.56 Å². The molecule has 1 aromatic carbocycles. The molecule has 2 aromatic rings. The molecule has 0 spiro atoms. The molecule has 116 valence electrons. The third kappa shape index (κ3) is 4.75. The second-order valence-corrected chi connectivity index (χ2v) is 4.95. The molecule has 1 N–H and O–H groups in total. The van der Waals surface area contributed by atoms with Gasteiger partial charge in [0.05, 0.1) is 0 Å². The van der Waals surface area contributed by atoms with E-state index in [0.717, 1.165) is 17.4 Å². The van der Waals surface area contributed by atoms with Gasteiger partial charge in [0.2, 0.25) is 0 Å². The van der Waals surface area contributed by atoms with Gasteiger partial charge in [-0.25, -0.2) is 0 Å². The van der Waals surface area contributed by atoms with Crippen molar-refractivity contribution in [3.63, 3.8) is 0 Å². The molecule has 2 rings (SSSR count). The second kappa shape index (κ2) is 6.95. The van der Waals surface area contributed by atoms with Gasteiger partial charge in [-0.1, -0.05) is 6.07 Å². The van der Waals surface area contributed by atoms with Crippen molar-refractivity contribution in [1.29, 1.82) is 0 Å². The topological polar surface area (TPSA) is 26.2 Å². The monoisotopic (exact) mass is 300 g/mol. The van der Waals surface area contributed by atoms with Crippen LogP contribution in [0, 0.1) is 0 Å². The van der Waals surface area contributed by atoms with Crippen molar-refractivity contribution >= 4 is 10.9 Å². The van der Waals surface area contributed by atoms with Gasteiger partial charge in [0.25, 0.3) is 0 Å². The lowest BCUT2D eigenvalue weighted by Crippen LogP contribution is -2.17. The number of rotatable bonds is 7. The van der Waals surface area contributed by atoms with E-state index in [4.69, 9.17) is 0 Å². The van der Waals surface area contributed by atoms with Gasteiger partial charge in [-0.05, 0) is 42.6 Å². The largest absolute Gasteiger partial charge is 0.411 e. The standard InChI is InChI=1S/C15H19F3N2O/c1-19-10-12-3-4-14-13(9-12)5-7-20(14)6-2-8-21-11-15(16,17)18/h3-5,7,9,19H,2,6,8,10-11H2,1H3. The number of aromatic nitrogens is 1. The van der Waals surface area contributed by atoms with E-state index in [9.17, 15) is 13.2 Å². The molecule has 1 aromatic heterocycles. The maximum atomic E-state index is 11.9. The lowest BCUT2D eigenvalue weighted by Gasteiger charge is -2.09. The lowest BCUT2D eigenvalue weighted by atomic mass is 10.1. The quantitative estimate of drug-likeness (QED) is 0.794. The van der Waals surface area contributed by atoms with E-state index < -0.39 is 12.8 Å². The SMILES string of the molecule is CNCc1ccc2c(ccn2CCCOCC(F)(F)F)c1. The molecule has 0 fully saturated rings. The van der Waals surface area contributed by atoms with E-state index in [1.54, 1.807) is 0 Å². The van der Waals surface area contributed by atoms with Crippen LogP contribution in [-0.2, 0) is 17.8 Å². The van der Waals surface area contributed by atoms with Crippen LogP contribution in [-0.4, -0.2) is 31.0 Å². The summed E-state index contributed by atoms with van der Waals surface area (Å²) in [6, 6.07) is 8.22. The number of benzene rings is 1.